The van der Waals surface area contributed by atoms with Crippen molar-refractivity contribution in [1.82, 2.24) is 0 Å². The third-order valence-corrected chi connectivity index (χ3v) is 1.74. The highest BCUT2D eigenvalue weighted by atomic mass is 32.2. The van der Waals surface area contributed by atoms with Crippen molar-refractivity contribution < 1.29 is 0 Å². The third kappa shape index (κ3) is 4.28. The van der Waals surface area contributed by atoms with Crippen LogP contribution in [0.5, 0.6) is 0 Å². The maximum atomic E-state index is 4.07. The lowest BCUT2D eigenvalue weighted by molar-refractivity contribution is 1.27. The van der Waals surface area contributed by atoms with Crippen LogP contribution in [0.25, 0.3) is 0 Å². The molecule has 0 heterocycles. The highest BCUT2D eigenvalue weighted by Crippen LogP contribution is 2.07. The van der Waals surface area contributed by atoms with E-state index in [2.05, 4.69) is 11.6 Å². The number of thioether (sulfide) groups is 1. The number of nitrogens with zero attached hydrogens (tertiary/aromatic N) is 1. The quantitative estimate of drug-likeness (QED) is 0.328. The molecule has 2 heteroatoms. The van der Waals surface area contributed by atoms with Crippen molar-refractivity contribution >= 4 is 16.8 Å². The molecule has 0 aromatic carbocycles. The maximum absolute atomic E-state index is 4.07. The molecule has 0 rings (SSSR count). The minimum atomic E-state index is 0.928. The summed E-state index contributed by atoms with van der Waals surface area (Å²) in [4.78, 5) is 4.07. The van der Waals surface area contributed by atoms with Gasteiger partial charge in [-0.1, -0.05) is 12.2 Å². The van der Waals surface area contributed by atoms with Crippen LogP contribution in [0, 0.1) is 0 Å². The first-order valence-electron chi connectivity index (χ1n) is 2.84. The van der Waals surface area contributed by atoms with Crippen molar-refractivity contribution in [2.75, 3.05) is 13.3 Å². The van der Waals surface area contributed by atoms with Gasteiger partial charge in [-0.2, -0.15) is 0 Å². The molecule has 0 saturated carbocycles. The first-order valence-corrected chi connectivity index (χ1v) is 4.07. The largest absolute Gasteiger partial charge is 0.286 e. The second-order valence-corrected chi connectivity index (χ2v) is 2.83. The lowest BCUT2D eigenvalue weighted by Crippen LogP contribution is -1.90. The topological polar surface area (TPSA) is 12.4 Å². The van der Waals surface area contributed by atoms with E-state index in [4.69, 9.17) is 0 Å². The number of rotatable bonds is 2. The van der Waals surface area contributed by atoms with Crippen molar-refractivity contribution in [2.24, 2.45) is 4.99 Å². The Morgan fingerprint density at radius 3 is 2.33 bits per heavy atom. The zero-order chi connectivity index (χ0) is 7.28. The van der Waals surface area contributed by atoms with E-state index in [0.29, 0.717) is 0 Å². The van der Waals surface area contributed by atoms with Gasteiger partial charge in [0.05, 0.1) is 5.04 Å². The van der Waals surface area contributed by atoms with Crippen LogP contribution in [0.3, 0.4) is 0 Å². The molecule has 0 aromatic heterocycles. The second kappa shape index (κ2) is 4.62. The van der Waals surface area contributed by atoms with Crippen LogP contribution in [0.15, 0.2) is 17.1 Å². The summed E-state index contributed by atoms with van der Waals surface area (Å²) in [6.07, 6.45) is 2.96. The van der Waals surface area contributed by atoms with Crippen molar-refractivity contribution in [1.29, 1.82) is 0 Å². The van der Waals surface area contributed by atoms with E-state index in [1.807, 2.05) is 20.2 Å². The molecule has 0 atom stereocenters. The van der Waals surface area contributed by atoms with Crippen LogP contribution in [0.4, 0.5) is 0 Å². The summed E-state index contributed by atoms with van der Waals surface area (Å²) in [5, 5.41) is 1.16. The molecule has 9 heavy (non-hydrogen) atoms. The lowest BCUT2D eigenvalue weighted by Gasteiger charge is -1.98. The van der Waals surface area contributed by atoms with Crippen LogP contribution in [-0.4, -0.2) is 18.3 Å². The lowest BCUT2D eigenvalue weighted by atomic mass is 10.3. The average Bonchev–Trinajstić information content (AvgIpc) is 1.82. The van der Waals surface area contributed by atoms with Crippen LogP contribution in [0.2, 0.25) is 0 Å². The van der Waals surface area contributed by atoms with Crippen LogP contribution < -0.4 is 0 Å². The number of hydrogen-bond acceptors (Lipinski definition) is 2. The maximum Gasteiger partial charge on any atom is 0.0710 e. The van der Waals surface area contributed by atoms with Crippen molar-refractivity contribution in [3.8, 4) is 0 Å². The predicted octanol–water partition coefficient (Wildman–Crippen LogP) is 2.34. The molecule has 0 spiro atoms. The molecule has 0 N–H and O–H groups in total. The zero-order valence-corrected chi connectivity index (χ0v) is 7.09. The van der Waals surface area contributed by atoms with E-state index in [0.717, 1.165) is 11.5 Å². The molecule has 0 fully saturated rings. The Morgan fingerprint density at radius 1 is 1.67 bits per heavy atom. The van der Waals surface area contributed by atoms with Crippen molar-refractivity contribution in [3.63, 3.8) is 0 Å². The van der Waals surface area contributed by atoms with Gasteiger partial charge in [-0.05, 0) is 13.2 Å². The molecule has 0 aliphatic rings. The molecular weight excluding hydrogens is 130 g/mol. The summed E-state index contributed by atoms with van der Waals surface area (Å²) in [7, 11) is 1.81. The van der Waals surface area contributed by atoms with E-state index >= 15 is 0 Å². The minimum absolute atomic E-state index is 0.928. The van der Waals surface area contributed by atoms with Gasteiger partial charge in [-0.15, -0.1) is 11.8 Å². The van der Waals surface area contributed by atoms with Gasteiger partial charge in [0, 0.05) is 13.5 Å². The SMILES string of the molecule is C=C(C)C/C(=N\C)SC. The highest BCUT2D eigenvalue weighted by molar-refractivity contribution is 8.13. The van der Waals surface area contributed by atoms with Gasteiger partial charge in [0.15, 0.2) is 0 Å². The predicted molar refractivity (Wildman–Crippen MR) is 46.3 cm³/mol. The fraction of sp³-hybridized carbons (Fsp3) is 0.571. The Labute approximate surface area is 61.3 Å². The Morgan fingerprint density at radius 2 is 2.22 bits per heavy atom. The molecule has 1 nitrogen and oxygen atoms in total. The third-order valence-electron chi connectivity index (χ3n) is 0.938. The molecule has 0 unspecified atom stereocenters. The minimum Gasteiger partial charge on any atom is -0.286 e. The molecule has 0 bridgehead atoms. The number of allylic oxidation sites excluding steroid dienone is 1. The Bertz CT molecular complexity index is 127. The molecule has 0 saturated heterocycles. The van der Waals surface area contributed by atoms with Gasteiger partial charge >= 0.3 is 0 Å². The molecule has 0 aromatic rings. The summed E-state index contributed by atoms with van der Waals surface area (Å²) in [5.41, 5.74) is 1.17. The fourth-order valence-corrected chi connectivity index (χ4v) is 1.07. The smallest absolute Gasteiger partial charge is 0.0710 e. The molecule has 0 aliphatic heterocycles. The molecule has 52 valence electrons. The van der Waals surface area contributed by atoms with Gasteiger partial charge < -0.3 is 0 Å². The highest BCUT2D eigenvalue weighted by Gasteiger charge is 1.93. The number of hydrogen-bond donors (Lipinski definition) is 0. The van der Waals surface area contributed by atoms with Gasteiger partial charge in [-0.25, -0.2) is 0 Å². The van der Waals surface area contributed by atoms with E-state index in [-0.39, 0.29) is 0 Å². The van der Waals surface area contributed by atoms with E-state index in [1.165, 1.54) is 5.57 Å². The normalized spacial score (nSPS) is 11.7. The van der Waals surface area contributed by atoms with Gasteiger partial charge in [0.25, 0.3) is 0 Å². The first-order chi connectivity index (χ1) is 4.20. The zero-order valence-electron chi connectivity index (χ0n) is 6.27. The summed E-state index contributed by atoms with van der Waals surface area (Å²) < 4.78 is 0. The van der Waals surface area contributed by atoms with Crippen LogP contribution in [-0.2, 0) is 0 Å². The Balaban J connectivity index is 3.71. The standard InChI is InChI=1S/C7H13NS/c1-6(2)5-7(8-3)9-4/h1,5H2,2-4H3/b8-7+. The monoisotopic (exact) mass is 143 g/mol. The van der Waals surface area contributed by atoms with E-state index in [9.17, 15) is 0 Å². The van der Waals surface area contributed by atoms with Crippen molar-refractivity contribution in [3.05, 3.63) is 12.2 Å². The Hall–Kier alpha value is -0.240. The molecule has 0 radical (unpaired) electrons. The number of aliphatic imine (C=N–C) groups is 1. The van der Waals surface area contributed by atoms with Crippen molar-refractivity contribution in [2.45, 2.75) is 13.3 Å². The van der Waals surface area contributed by atoms with E-state index in [1.54, 1.807) is 11.8 Å². The Kier molecular flexibility index (Phi) is 4.50. The fourth-order valence-electron chi connectivity index (χ4n) is 0.501. The average molecular weight is 143 g/mol. The van der Waals surface area contributed by atoms with E-state index < -0.39 is 0 Å². The summed E-state index contributed by atoms with van der Waals surface area (Å²) in [5.74, 6) is 0. The molecule has 0 aliphatic carbocycles. The molecular formula is C7H13NS. The second-order valence-electron chi connectivity index (χ2n) is 1.96. The molecule has 0 amide bonds. The van der Waals surface area contributed by atoms with Gasteiger partial charge in [0.1, 0.15) is 0 Å². The van der Waals surface area contributed by atoms with Crippen LogP contribution in [0.1, 0.15) is 13.3 Å². The summed E-state index contributed by atoms with van der Waals surface area (Å²) >= 11 is 1.69. The first kappa shape index (κ1) is 8.76. The van der Waals surface area contributed by atoms with Gasteiger partial charge in [0.2, 0.25) is 0 Å². The summed E-state index contributed by atoms with van der Waals surface area (Å²) in [6, 6.07) is 0. The van der Waals surface area contributed by atoms with Crippen LogP contribution >= 0.6 is 11.8 Å². The van der Waals surface area contributed by atoms with Gasteiger partial charge in [-0.3, -0.25) is 4.99 Å². The summed E-state index contributed by atoms with van der Waals surface area (Å²) in [6.45, 7) is 5.81.